The van der Waals surface area contributed by atoms with Gasteiger partial charge in [-0.2, -0.15) is 0 Å². The predicted octanol–water partition coefficient (Wildman–Crippen LogP) is 0.568. The van der Waals surface area contributed by atoms with Crippen LogP contribution >= 0.6 is 0 Å². The van der Waals surface area contributed by atoms with Gasteiger partial charge in [-0.25, -0.2) is 8.42 Å². The Bertz CT molecular complexity index is 287. The summed E-state index contributed by atoms with van der Waals surface area (Å²) in [5.74, 6) is 0. The van der Waals surface area contributed by atoms with Crippen LogP contribution in [0.1, 0.15) is 10.8 Å². The fourth-order valence-electron chi connectivity index (χ4n) is 0.695. The topological polar surface area (TPSA) is 47.0 Å². The summed E-state index contributed by atoms with van der Waals surface area (Å²) in [6, 6.07) is 3.38. The normalized spacial score (nSPS) is 13.3. The van der Waals surface area contributed by atoms with E-state index in [1.807, 2.05) is 0 Å². The molecule has 1 unspecified atom stereocenters. The van der Waals surface area contributed by atoms with Crippen molar-refractivity contribution in [2.24, 2.45) is 0 Å². The lowest BCUT2D eigenvalue weighted by atomic mass is 10.2. The van der Waals surface area contributed by atoms with Gasteiger partial charge >= 0.3 is 0 Å². The minimum Gasteiger partial charge on any atom is -0.264 e. The van der Waals surface area contributed by atoms with Crippen LogP contribution in [0.3, 0.4) is 0 Å². The maximum atomic E-state index is 10.4. The summed E-state index contributed by atoms with van der Waals surface area (Å²) >= 11 is 0. The molecule has 0 aliphatic carbocycles. The van der Waals surface area contributed by atoms with Crippen molar-refractivity contribution in [1.29, 1.82) is 0 Å². The third-order valence-corrected chi connectivity index (χ3v) is 2.13. The molecule has 1 heterocycles. The van der Waals surface area contributed by atoms with E-state index in [-0.39, 0.29) is 0 Å². The largest absolute Gasteiger partial charge is 0.264 e. The van der Waals surface area contributed by atoms with Gasteiger partial charge in [-0.1, -0.05) is 6.07 Å². The van der Waals surface area contributed by atoms with Crippen molar-refractivity contribution < 1.29 is 8.42 Å². The Morgan fingerprint density at radius 3 is 2.73 bits per heavy atom. The van der Waals surface area contributed by atoms with Crippen LogP contribution in [0.5, 0.6) is 0 Å². The third kappa shape index (κ3) is 2.01. The first kappa shape index (κ1) is 8.20. The maximum Gasteiger partial charge on any atom is 0.147 e. The quantitative estimate of drug-likeness (QED) is 0.660. The van der Waals surface area contributed by atoms with Crippen LogP contribution in [0.2, 0.25) is 0 Å². The number of hydrogen-bond acceptors (Lipinski definition) is 3. The highest BCUT2D eigenvalue weighted by Crippen LogP contribution is 2.12. The molecule has 0 fully saturated rings. The lowest BCUT2D eigenvalue weighted by Crippen LogP contribution is -1.95. The van der Waals surface area contributed by atoms with Gasteiger partial charge in [0.05, 0.1) is 5.25 Å². The average molecular weight is 170 g/mol. The first-order valence-corrected chi connectivity index (χ1v) is 4.33. The van der Waals surface area contributed by atoms with E-state index < -0.39 is 16.0 Å². The second-order valence-electron chi connectivity index (χ2n) is 2.09. The van der Waals surface area contributed by atoms with Gasteiger partial charge in [0, 0.05) is 12.4 Å². The van der Waals surface area contributed by atoms with Crippen molar-refractivity contribution in [2.45, 2.75) is 5.25 Å². The molecule has 0 N–H and O–H groups in total. The van der Waals surface area contributed by atoms with Gasteiger partial charge in [-0.05, 0) is 18.6 Å². The highest BCUT2D eigenvalue weighted by molar-refractivity contribution is 7.72. The SMILES string of the molecule is [CH2]C(c1cccnc1)[SH](=O)=O. The molecule has 4 heteroatoms. The summed E-state index contributed by atoms with van der Waals surface area (Å²) in [4.78, 5) is 3.78. The number of hydrogen-bond donors (Lipinski definition) is 1. The Morgan fingerprint density at radius 1 is 1.55 bits per heavy atom. The zero-order valence-corrected chi connectivity index (χ0v) is 6.70. The molecule has 1 aromatic rings. The number of nitrogens with zero attached hydrogens (tertiary/aromatic N) is 1. The van der Waals surface area contributed by atoms with E-state index >= 15 is 0 Å². The van der Waals surface area contributed by atoms with E-state index in [2.05, 4.69) is 11.9 Å². The molecule has 1 rings (SSSR count). The van der Waals surface area contributed by atoms with Crippen molar-refractivity contribution in [3.8, 4) is 0 Å². The van der Waals surface area contributed by atoms with E-state index in [0.29, 0.717) is 5.56 Å². The maximum absolute atomic E-state index is 10.4. The monoisotopic (exact) mass is 170 g/mol. The van der Waals surface area contributed by atoms with E-state index in [4.69, 9.17) is 0 Å². The standard InChI is InChI=1S/C7H8NO2S/c1-6(11(9)10)7-3-2-4-8-5-7/h2-6,11H,1H2. The van der Waals surface area contributed by atoms with Crippen LogP contribution in [0.4, 0.5) is 0 Å². The highest BCUT2D eigenvalue weighted by atomic mass is 32.2. The molecule has 0 saturated heterocycles. The zero-order chi connectivity index (χ0) is 8.27. The lowest BCUT2D eigenvalue weighted by molar-refractivity contribution is 0.609. The molecular weight excluding hydrogens is 162 g/mol. The van der Waals surface area contributed by atoms with Crippen LogP contribution in [-0.4, -0.2) is 13.4 Å². The van der Waals surface area contributed by atoms with Crippen molar-refractivity contribution in [1.82, 2.24) is 4.98 Å². The van der Waals surface area contributed by atoms with Gasteiger partial charge < -0.3 is 0 Å². The fraction of sp³-hybridized carbons (Fsp3) is 0.143. The fourth-order valence-corrected chi connectivity index (χ4v) is 1.09. The van der Waals surface area contributed by atoms with Crippen LogP contribution in [0.15, 0.2) is 24.5 Å². The van der Waals surface area contributed by atoms with Crippen LogP contribution in [0, 0.1) is 6.92 Å². The van der Waals surface area contributed by atoms with Gasteiger partial charge in [0.15, 0.2) is 0 Å². The first-order valence-electron chi connectivity index (χ1n) is 3.08. The number of thiol groups is 1. The van der Waals surface area contributed by atoms with Crippen molar-refractivity contribution >= 4 is 10.7 Å². The summed E-state index contributed by atoms with van der Waals surface area (Å²) in [6.07, 6.45) is 3.09. The molecular formula is C7H8NO2S. The summed E-state index contributed by atoms with van der Waals surface area (Å²) in [6.45, 7) is 3.47. The lowest BCUT2D eigenvalue weighted by Gasteiger charge is -2.00. The summed E-state index contributed by atoms with van der Waals surface area (Å²) in [5.41, 5.74) is 0.628. The van der Waals surface area contributed by atoms with Gasteiger partial charge in [0.1, 0.15) is 10.7 Å². The Hall–Kier alpha value is -0.900. The number of rotatable bonds is 2. The molecule has 0 bridgehead atoms. The Labute approximate surface area is 67.0 Å². The second-order valence-corrected chi connectivity index (χ2v) is 3.28. The molecule has 0 saturated carbocycles. The Balaban J connectivity index is 2.94. The highest BCUT2D eigenvalue weighted by Gasteiger charge is 2.06. The number of aromatic nitrogens is 1. The van der Waals surface area contributed by atoms with Gasteiger partial charge in [-0.3, -0.25) is 4.98 Å². The van der Waals surface area contributed by atoms with Gasteiger partial charge in [0.2, 0.25) is 0 Å². The van der Waals surface area contributed by atoms with E-state index in [0.717, 1.165) is 0 Å². The zero-order valence-electron chi connectivity index (χ0n) is 5.80. The second kappa shape index (κ2) is 3.48. The summed E-state index contributed by atoms with van der Waals surface area (Å²) < 4.78 is 20.9. The van der Waals surface area contributed by atoms with Crippen LogP contribution in [0.25, 0.3) is 0 Å². The molecule has 59 valence electrons. The summed E-state index contributed by atoms with van der Waals surface area (Å²) in [5, 5.41) is -0.682. The first-order chi connectivity index (χ1) is 5.22. The molecule has 1 radical (unpaired) electrons. The molecule has 11 heavy (non-hydrogen) atoms. The van der Waals surface area contributed by atoms with Crippen molar-refractivity contribution in [2.75, 3.05) is 0 Å². The molecule has 1 aromatic heterocycles. The summed E-state index contributed by atoms with van der Waals surface area (Å²) in [7, 11) is -2.49. The molecule has 1 atom stereocenters. The van der Waals surface area contributed by atoms with Crippen LogP contribution < -0.4 is 0 Å². The molecule has 0 spiro atoms. The minimum atomic E-state index is -2.49. The molecule has 3 nitrogen and oxygen atoms in total. The smallest absolute Gasteiger partial charge is 0.147 e. The van der Waals surface area contributed by atoms with E-state index in [1.165, 1.54) is 6.20 Å². The molecule has 0 aliphatic rings. The number of pyridine rings is 1. The third-order valence-electron chi connectivity index (χ3n) is 1.32. The Morgan fingerprint density at radius 2 is 2.27 bits per heavy atom. The minimum absolute atomic E-state index is 0.628. The predicted molar refractivity (Wildman–Crippen MR) is 42.6 cm³/mol. The average Bonchev–Trinajstić information content (AvgIpc) is 2.05. The van der Waals surface area contributed by atoms with E-state index in [1.54, 1.807) is 18.3 Å². The van der Waals surface area contributed by atoms with Crippen LogP contribution in [-0.2, 0) is 10.7 Å². The van der Waals surface area contributed by atoms with Crippen molar-refractivity contribution in [3.63, 3.8) is 0 Å². The molecule has 0 amide bonds. The van der Waals surface area contributed by atoms with Gasteiger partial charge in [-0.15, -0.1) is 0 Å². The van der Waals surface area contributed by atoms with Crippen molar-refractivity contribution in [3.05, 3.63) is 37.0 Å². The molecule has 0 aliphatic heterocycles. The molecule has 0 aromatic carbocycles. The van der Waals surface area contributed by atoms with Gasteiger partial charge in [0.25, 0.3) is 0 Å². The van der Waals surface area contributed by atoms with E-state index in [9.17, 15) is 8.42 Å². The Kier molecular flexibility index (Phi) is 2.59.